The van der Waals surface area contributed by atoms with Crippen molar-refractivity contribution in [2.45, 2.75) is 36.8 Å². The number of thiophene rings is 1. The van der Waals surface area contributed by atoms with Gasteiger partial charge < -0.3 is 4.74 Å². The third-order valence-electron chi connectivity index (χ3n) is 4.76. The van der Waals surface area contributed by atoms with Crippen LogP contribution in [0.3, 0.4) is 0 Å². The number of nitrogens with zero attached hydrogens (tertiary/aromatic N) is 1. The maximum atomic E-state index is 12.7. The molecule has 3 rings (SSSR count). The number of carbonyl (C=O) groups is 1. The van der Waals surface area contributed by atoms with Gasteiger partial charge in [-0.1, -0.05) is 19.1 Å². The van der Waals surface area contributed by atoms with E-state index < -0.39 is 27.7 Å². The highest BCUT2D eigenvalue weighted by atomic mass is 32.2. The summed E-state index contributed by atoms with van der Waals surface area (Å²) in [7, 11) is -2.64. The van der Waals surface area contributed by atoms with Crippen molar-refractivity contribution < 1.29 is 31.1 Å². The van der Waals surface area contributed by atoms with Crippen molar-refractivity contribution in [3.63, 3.8) is 0 Å². The molecule has 164 valence electrons. The van der Waals surface area contributed by atoms with E-state index in [2.05, 4.69) is 4.72 Å². The largest absolute Gasteiger partial charge is 0.465 e. The molecule has 1 aromatic heterocycles. The van der Waals surface area contributed by atoms with Crippen LogP contribution in [0.25, 0.3) is 0 Å². The van der Waals surface area contributed by atoms with Crippen LogP contribution in [-0.4, -0.2) is 39.5 Å². The van der Waals surface area contributed by atoms with Crippen molar-refractivity contribution in [2.75, 3.05) is 20.2 Å². The summed E-state index contributed by atoms with van der Waals surface area (Å²) < 4.78 is 70.5. The molecule has 1 aliphatic rings. The maximum absolute atomic E-state index is 12.7. The molecule has 0 atom stereocenters. The summed E-state index contributed by atoms with van der Waals surface area (Å²) in [4.78, 5) is 15.0. The van der Waals surface area contributed by atoms with E-state index >= 15 is 0 Å². The number of nitrogens with one attached hydrogen (secondary N) is 1. The minimum Gasteiger partial charge on any atom is -0.465 e. The average molecular weight is 463 g/mol. The molecule has 0 aliphatic carbocycles. The number of esters is 1. The standard InChI is InChI=1S/C19H21F3N2O4S2/c1-3-23-30(26,27)18-16(17(25)28-2)14-8-9-24(11-15(14)29-18)10-12-4-6-13(7-5-12)19(20,21)22/h4-7,23H,3,8-11H2,1-2H3. The fraction of sp³-hybridized carbons (Fsp3) is 0.421. The van der Waals surface area contributed by atoms with E-state index in [0.717, 1.165) is 33.9 Å². The van der Waals surface area contributed by atoms with Crippen LogP contribution in [0.4, 0.5) is 13.2 Å². The first-order valence-electron chi connectivity index (χ1n) is 9.17. The molecule has 1 aromatic carbocycles. The molecular weight excluding hydrogens is 441 g/mol. The van der Waals surface area contributed by atoms with Crippen molar-refractivity contribution in [2.24, 2.45) is 0 Å². The van der Waals surface area contributed by atoms with E-state index in [0.29, 0.717) is 31.6 Å². The normalized spacial score (nSPS) is 15.1. The molecule has 0 bridgehead atoms. The van der Waals surface area contributed by atoms with E-state index in [1.54, 1.807) is 6.92 Å². The van der Waals surface area contributed by atoms with E-state index in [-0.39, 0.29) is 16.3 Å². The lowest BCUT2D eigenvalue weighted by Crippen LogP contribution is -2.30. The lowest BCUT2D eigenvalue weighted by Gasteiger charge is -2.27. The highest BCUT2D eigenvalue weighted by Gasteiger charge is 2.34. The van der Waals surface area contributed by atoms with Crippen LogP contribution < -0.4 is 4.72 Å². The molecule has 2 heterocycles. The Morgan fingerprint density at radius 2 is 1.93 bits per heavy atom. The zero-order chi connectivity index (χ0) is 22.1. The Labute approximate surface area is 176 Å². The molecule has 6 nitrogen and oxygen atoms in total. The summed E-state index contributed by atoms with van der Waals surface area (Å²) in [6, 6.07) is 4.97. The Bertz CT molecular complexity index is 1030. The summed E-state index contributed by atoms with van der Waals surface area (Å²) in [5.41, 5.74) is 0.753. The van der Waals surface area contributed by atoms with Gasteiger partial charge >= 0.3 is 12.1 Å². The summed E-state index contributed by atoms with van der Waals surface area (Å²) in [6.07, 6.45) is -3.94. The highest BCUT2D eigenvalue weighted by molar-refractivity contribution is 7.91. The van der Waals surface area contributed by atoms with Crippen molar-refractivity contribution >= 4 is 27.3 Å². The van der Waals surface area contributed by atoms with Crippen LogP contribution in [0.1, 0.15) is 38.8 Å². The number of fused-ring (bicyclic) bond motifs is 1. The SMILES string of the molecule is CCNS(=O)(=O)c1sc2c(c1C(=O)OC)CCN(Cc1ccc(C(F)(F)F)cc1)C2. The van der Waals surface area contributed by atoms with Gasteiger partial charge in [-0.05, 0) is 29.7 Å². The molecule has 1 aliphatic heterocycles. The number of alkyl halides is 3. The van der Waals surface area contributed by atoms with E-state index in [1.165, 1.54) is 19.2 Å². The average Bonchev–Trinajstić information content (AvgIpc) is 3.07. The Hall–Kier alpha value is -1.95. The van der Waals surface area contributed by atoms with Gasteiger partial charge in [-0.2, -0.15) is 13.2 Å². The molecule has 0 radical (unpaired) electrons. The zero-order valence-corrected chi connectivity index (χ0v) is 18.0. The molecule has 0 fully saturated rings. The van der Waals surface area contributed by atoms with Crippen LogP contribution in [0.15, 0.2) is 28.5 Å². The number of hydrogen-bond acceptors (Lipinski definition) is 6. The summed E-state index contributed by atoms with van der Waals surface area (Å²) in [6.45, 7) is 3.18. The van der Waals surface area contributed by atoms with Crippen molar-refractivity contribution in [1.29, 1.82) is 0 Å². The van der Waals surface area contributed by atoms with Crippen molar-refractivity contribution in [3.8, 4) is 0 Å². The lowest BCUT2D eigenvalue weighted by molar-refractivity contribution is -0.137. The number of rotatable bonds is 6. The molecular formula is C19H21F3N2O4S2. The van der Waals surface area contributed by atoms with Gasteiger partial charge in [0.1, 0.15) is 4.21 Å². The topological polar surface area (TPSA) is 75.7 Å². The molecule has 0 amide bonds. The molecule has 0 spiro atoms. The second-order valence-electron chi connectivity index (χ2n) is 6.81. The quantitative estimate of drug-likeness (QED) is 0.666. The van der Waals surface area contributed by atoms with Crippen LogP contribution in [0.2, 0.25) is 0 Å². The molecule has 0 unspecified atom stereocenters. The molecule has 0 saturated carbocycles. The second kappa shape index (κ2) is 8.66. The van der Waals surface area contributed by atoms with Gasteiger partial charge in [-0.3, -0.25) is 4.90 Å². The van der Waals surface area contributed by atoms with Crippen molar-refractivity contribution in [3.05, 3.63) is 51.4 Å². The van der Waals surface area contributed by atoms with Crippen LogP contribution in [-0.2, 0) is 40.4 Å². The number of halogens is 3. The van der Waals surface area contributed by atoms with Crippen LogP contribution in [0.5, 0.6) is 0 Å². The van der Waals surface area contributed by atoms with Gasteiger partial charge in [0, 0.05) is 31.1 Å². The summed E-state index contributed by atoms with van der Waals surface area (Å²) in [5.74, 6) is -0.694. The highest BCUT2D eigenvalue weighted by Crippen LogP contribution is 2.37. The number of hydrogen-bond donors (Lipinski definition) is 1. The number of sulfonamides is 1. The van der Waals surface area contributed by atoms with Gasteiger partial charge in [0.25, 0.3) is 10.0 Å². The Morgan fingerprint density at radius 1 is 1.27 bits per heavy atom. The summed E-state index contributed by atoms with van der Waals surface area (Å²) >= 11 is 1.03. The first kappa shape index (κ1) is 22.7. The van der Waals surface area contributed by atoms with Gasteiger partial charge in [0.05, 0.1) is 18.2 Å². The van der Waals surface area contributed by atoms with Gasteiger partial charge in [0.15, 0.2) is 0 Å². The maximum Gasteiger partial charge on any atom is 0.416 e. The second-order valence-corrected chi connectivity index (χ2v) is 9.88. The van der Waals surface area contributed by atoms with E-state index in [4.69, 9.17) is 4.74 Å². The Balaban J connectivity index is 1.85. The first-order chi connectivity index (χ1) is 14.1. The third-order valence-corrected chi connectivity index (χ3v) is 8.04. The predicted octanol–water partition coefficient (Wildman–Crippen LogP) is 3.41. The fourth-order valence-electron chi connectivity index (χ4n) is 3.38. The third kappa shape index (κ3) is 4.69. The molecule has 2 aromatic rings. The fourth-order valence-corrected chi connectivity index (χ4v) is 6.39. The van der Waals surface area contributed by atoms with Crippen molar-refractivity contribution in [1.82, 2.24) is 9.62 Å². The van der Waals surface area contributed by atoms with E-state index in [9.17, 15) is 26.4 Å². The van der Waals surface area contributed by atoms with Crippen LogP contribution >= 0.6 is 11.3 Å². The monoisotopic (exact) mass is 462 g/mol. The van der Waals surface area contributed by atoms with E-state index in [1.807, 2.05) is 4.90 Å². The molecule has 30 heavy (non-hydrogen) atoms. The zero-order valence-electron chi connectivity index (χ0n) is 16.4. The molecule has 1 N–H and O–H groups in total. The number of ether oxygens (including phenoxy) is 1. The Kier molecular flexibility index (Phi) is 6.56. The number of methoxy groups -OCH3 is 1. The number of benzene rings is 1. The van der Waals surface area contributed by atoms with Gasteiger partial charge in [0.2, 0.25) is 0 Å². The van der Waals surface area contributed by atoms with Gasteiger partial charge in [-0.15, -0.1) is 11.3 Å². The predicted molar refractivity (Wildman–Crippen MR) is 106 cm³/mol. The minimum atomic E-state index is -4.38. The number of carbonyl (C=O) groups excluding carboxylic acids is 1. The van der Waals surface area contributed by atoms with Crippen LogP contribution in [0, 0.1) is 0 Å². The Morgan fingerprint density at radius 3 is 2.50 bits per heavy atom. The molecule has 0 saturated heterocycles. The first-order valence-corrected chi connectivity index (χ1v) is 11.5. The summed E-state index contributed by atoms with van der Waals surface area (Å²) in [5, 5.41) is 0. The molecule has 11 heteroatoms. The lowest BCUT2D eigenvalue weighted by atomic mass is 10.0. The minimum absolute atomic E-state index is 0.0578. The smallest absolute Gasteiger partial charge is 0.416 e. The van der Waals surface area contributed by atoms with Gasteiger partial charge in [-0.25, -0.2) is 17.9 Å².